The monoisotopic (exact) mass is 341 g/mol. The molecule has 4 N–H and O–H groups in total. The zero-order valence-corrected chi connectivity index (χ0v) is 13.9. The third-order valence-corrected chi connectivity index (χ3v) is 4.84. The Morgan fingerprint density at radius 2 is 1.83 bits per heavy atom. The van der Waals surface area contributed by atoms with Crippen LogP contribution in [0.5, 0.6) is 0 Å². The molecule has 0 bridgehead atoms. The third kappa shape index (κ3) is 2.69. The summed E-state index contributed by atoms with van der Waals surface area (Å²) in [5.41, 5.74) is 12.8. The SMILES string of the molecule is Cc1sc(/N=c2\oc3ccccc3cc2C(N)=O)c(C(N)=O)c1C. The molecule has 3 aromatic rings. The number of nitrogens with two attached hydrogens (primary N) is 2. The van der Waals surface area contributed by atoms with Crippen LogP contribution in [0, 0.1) is 13.8 Å². The molecule has 2 aromatic heterocycles. The number of primary amides is 2. The summed E-state index contributed by atoms with van der Waals surface area (Å²) < 4.78 is 5.73. The zero-order valence-electron chi connectivity index (χ0n) is 13.1. The Bertz CT molecular complexity index is 1050. The summed E-state index contributed by atoms with van der Waals surface area (Å²) in [5.74, 6) is -1.23. The average molecular weight is 341 g/mol. The molecule has 7 heteroatoms. The fraction of sp³-hybridized carbons (Fsp3) is 0.118. The summed E-state index contributed by atoms with van der Waals surface area (Å²) in [4.78, 5) is 28.8. The molecule has 0 aliphatic rings. The minimum Gasteiger partial charge on any atom is -0.437 e. The maximum Gasteiger partial charge on any atom is 0.254 e. The first kappa shape index (κ1) is 15.9. The van der Waals surface area contributed by atoms with Crippen molar-refractivity contribution in [2.24, 2.45) is 16.5 Å². The lowest BCUT2D eigenvalue weighted by Crippen LogP contribution is -2.21. The first-order valence-electron chi connectivity index (χ1n) is 7.15. The van der Waals surface area contributed by atoms with E-state index in [9.17, 15) is 9.59 Å². The van der Waals surface area contributed by atoms with Crippen LogP contribution in [-0.4, -0.2) is 11.8 Å². The third-order valence-electron chi connectivity index (χ3n) is 3.74. The maximum atomic E-state index is 11.8. The molecule has 0 aliphatic heterocycles. The number of aryl methyl sites for hydroxylation is 1. The van der Waals surface area contributed by atoms with Gasteiger partial charge in [-0.3, -0.25) is 9.59 Å². The van der Waals surface area contributed by atoms with E-state index < -0.39 is 11.8 Å². The predicted molar refractivity (Wildman–Crippen MR) is 92.3 cm³/mol. The van der Waals surface area contributed by atoms with Crippen LogP contribution in [0.3, 0.4) is 0 Å². The van der Waals surface area contributed by atoms with E-state index in [2.05, 4.69) is 4.99 Å². The molecule has 2 amide bonds. The molecule has 0 fully saturated rings. The van der Waals surface area contributed by atoms with E-state index in [-0.39, 0.29) is 11.1 Å². The lowest BCUT2D eigenvalue weighted by molar-refractivity contribution is 0.0990. The van der Waals surface area contributed by atoms with E-state index >= 15 is 0 Å². The van der Waals surface area contributed by atoms with Crippen LogP contribution in [-0.2, 0) is 0 Å². The smallest absolute Gasteiger partial charge is 0.254 e. The number of hydrogen-bond acceptors (Lipinski definition) is 5. The Balaban J connectivity index is 2.35. The summed E-state index contributed by atoms with van der Waals surface area (Å²) in [6.07, 6.45) is 0. The van der Waals surface area contributed by atoms with Crippen LogP contribution >= 0.6 is 11.3 Å². The van der Waals surface area contributed by atoms with Crippen molar-refractivity contribution < 1.29 is 14.0 Å². The molecular weight excluding hydrogens is 326 g/mol. The van der Waals surface area contributed by atoms with Crippen molar-refractivity contribution in [3.63, 3.8) is 0 Å². The molecule has 0 saturated carbocycles. The number of para-hydroxylation sites is 1. The van der Waals surface area contributed by atoms with E-state index in [1.807, 2.05) is 25.1 Å². The molecule has 0 aliphatic carbocycles. The highest BCUT2D eigenvalue weighted by molar-refractivity contribution is 7.16. The molecule has 2 heterocycles. The van der Waals surface area contributed by atoms with Gasteiger partial charge in [0.1, 0.15) is 16.1 Å². The van der Waals surface area contributed by atoms with Gasteiger partial charge in [0.05, 0.1) is 5.56 Å². The number of nitrogens with zero attached hydrogens (tertiary/aromatic N) is 1. The number of rotatable bonds is 3. The van der Waals surface area contributed by atoms with Gasteiger partial charge in [-0.25, -0.2) is 4.99 Å². The van der Waals surface area contributed by atoms with Gasteiger partial charge < -0.3 is 15.9 Å². The number of carbonyl (C=O) groups is 2. The summed E-state index contributed by atoms with van der Waals surface area (Å²) >= 11 is 1.31. The average Bonchev–Trinajstić information content (AvgIpc) is 2.80. The molecule has 0 spiro atoms. The summed E-state index contributed by atoms with van der Waals surface area (Å²) in [7, 11) is 0. The number of thiophene rings is 1. The second kappa shape index (κ2) is 5.93. The minimum absolute atomic E-state index is 0.0601. The lowest BCUT2D eigenvalue weighted by Gasteiger charge is -2.02. The normalized spacial score (nSPS) is 11.8. The van der Waals surface area contributed by atoms with Gasteiger partial charge in [-0.2, -0.15) is 0 Å². The van der Waals surface area contributed by atoms with Crippen LogP contribution in [0.2, 0.25) is 0 Å². The standard InChI is InChI=1S/C17H15N3O3S/c1-8-9(2)24-17(13(8)15(19)22)20-16-11(14(18)21)7-10-5-3-4-6-12(10)23-16/h3-7H,1-2H3,(H2,18,21)(H2,19,22)/b20-16-. The van der Waals surface area contributed by atoms with Gasteiger partial charge in [0.15, 0.2) is 0 Å². The predicted octanol–water partition coefficient (Wildman–Crippen LogP) is 2.54. The van der Waals surface area contributed by atoms with Crippen molar-refractivity contribution in [1.29, 1.82) is 0 Å². The second-order valence-corrected chi connectivity index (χ2v) is 6.51. The number of fused-ring (bicyclic) bond motifs is 1. The van der Waals surface area contributed by atoms with Crippen molar-refractivity contribution in [2.75, 3.05) is 0 Å². The van der Waals surface area contributed by atoms with E-state index in [0.717, 1.165) is 15.8 Å². The Morgan fingerprint density at radius 3 is 2.50 bits per heavy atom. The van der Waals surface area contributed by atoms with Crippen molar-refractivity contribution >= 4 is 39.1 Å². The lowest BCUT2D eigenvalue weighted by atomic mass is 10.1. The fourth-order valence-corrected chi connectivity index (χ4v) is 3.43. The first-order valence-corrected chi connectivity index (χ1v) is 7.97. The second-order valence-electron chi connectivity index (χ2n) is 5.31. The molecule has 0 unspecified atom stereocenters. The highest BCUT2D eigenvalue weighted by Crippen LogP contribution is 2.34. The highest BCUT2D eigenvalue weighted by atomic mass is 32.1. The Kier molecular flexibility index (Phi) is 3.94. The number of benzene rings is 1. The van der Waals surface area contributed by atoms with Crippen molar-refractivity contribution in [3.05, 3.63) is 57.5 Å². The zero-order chi connectivity index (χ0) is 17.4. The van der Waals surface area contributed by atoms with Gasteiger partial charge >= 0.3 is 0 Å². The van der Waals surface area contributed by atoms with E-state index in [4.69, 9.17) is 15.9 Å². The minimum atomic E-state index is -0.658. The Labute approximate surface area is 141 Å². The molecular formula is C17H15N3O3S. The quantitative estimate of drug-likeness (QED) is 0.763. The van der Waals surface area contributed by atoms with Gasteiger partial charge in [-0.05, 0) is 31.5 Å². The molecule has 24 heavy (non-hydrogen) atoms. The molecule has 3 rings (SSSR count). The molecule has 122 valence electrons. The van der Waals surface area contributed by atoms with E-state index in [1.54, 1.807) is 19.1 Å². The van der Waals surface area contributed by atoms with E-state index in [0.29, 0.717) is 16.1 Å². The van der Waals surface area contributed by atoms with Crippen LogP contribution in [0.1, 0.15) is 31.2 Å². The van der Waals surface area contributed by atoms with Crippen LogP contribution in [0.15, 0.2) is 39.7 Å². The number of carbonyl (C=O) groups excluding carboxylic acids is 2. The fourth-order valence-electron chi connectivity index (χ4n) is 2.40. The molecule has 0 saturated heterocycles. The summed E-state index contributed by atoms with van der Waals surface area (Å²) in [6, 6.07) is 8.84. The molecule has 0 atom stereocenters. The van der Waals surface area contributed by atoms with Gasteiger partial charge in [0.2, 0.25) is 5.55 Å². The largest absolute Gasteiger partial charge is 0.437 e. The van der Waals surface area contributed by atoms with Crippen molar-refractivity contribution in [2.45, 2.75) is 13.8 Å². The molecule has 1 aromatic carbocycles. The first-order chi connectivity index (χ1) is 11.4. The van der Waals surface area contributed by atoms with E-state index in [1.165, 1.54) is 11.3 Å². The topological polar surface area (TPSA) is 112 Å². The Hall–Kier alpha value is -2.93. The molecule has 0 radical (unpaired) electrons. The van der Waals surface area contributed by atoms with Crippen molar-refractivity contribution in [3.8, 4) is 0 Å². The summed E-state index contributed by atoms with van der Waals surface area (Å²) in [5, 5.41) is 1.14. The van der Waals surface area contributed by atoms with Gasteiger partial charge in [0.25, 0.3) is 11.8 Å². The number of amides is 2. The number of hydrogen-bond donors (Lipinski definition) is 2. The Morgan fingerprint density at radius 1 is 1.12 bits per heavy atom. The van der Waals surface area contributed by atoms with Gasteiger partial charge in [-0.15, -0.1) is 11.3 Å². The maximum absolute atomic E-state index is 11.8. The van der Waals surface area contributed by atoms with Gasteiger partial charge in [0, 0.05) is 10.3 Å². The van der Waals surface area contributed by atoms with Crippen LogP contribution < -0.4 is 17.0 Å². The highest BCUT2D eigenvalue weighted by Gasteiger charge is 2.18. The van der Waals surface area contributed by atoms with Crippen LogP contribution in [0.25, 0.3) is 11.0 Å². The van der Waals surface area contributed by atoms with Gasteiger partial charge in [-0.1, -0.05) is 18.2 Å². The van der Waals surface area contributed by atoms with Crippen LogP contribution in [0.4, 0.5) is 5.00 Å². The molecule has 6 nitrogen and oxygen atoms in total. The summed E-state index contributed by atoms with van der Waals surface area (Å²) in [6.45, 7) is 3.68. The van der Waals surface area contributed by atoms with Crippen molar-refractivity contribution in [1.82, 2.24) is 0 Å².